The minimum atomic E-state index is -0.466. The molecule has 0 radical (unpaired) electrons. The fourth-order valence-corrected chi connectivity index (χ4v) is 3.41. The maximum atomic E-state index is 15.2. The third kappa shape index (κ3) is 5.10. The predicted molar refractivity (Wildman–Crippen MR) is 117 cm³/mol. The van der Waals surface area contributed by atoms with E-state index in [0.29, 0.717) is 54.3 Å². The number of ether oxygens (including phenoxy) is 1. The van der Waals surface area contributed by atoms with Crippen molar-refractivity contribution in [2.24, 2.45) is 11.6 Å². The van der Waals surface area contributed by atoms with Crippen LogP contribution < -0.4 is 32.5 Å². The number of rotatable bonds is 9. The summed E-state index contributed by atoms with van der Waals surface area (Å²) in [5.74, 6) is 4.94. The normalized spacial score (nSPS) is 16.5. The number of benzene rings is 1. The molecule has 1 amide bonds. The van der Waals surface area contributed by atoms with Crippen molar-refractivity contribution in [1.29, 1.82) is 0 Å². The summed E-state index contributed by atoms with van der Waals surface area (Å²) in [4.78, 5) is 18.1. The van der Waals surface area contributed by atoms with E-state index in [4.69, 9.17) is 16.3 Å². The predicted octanol–water partition coefficient (Wildman–Crippen LogP) is 1.09. The van der Waals surface area contributed by atoms with Crippen LogP contribution in [0.5, 0.6) is 0 Å². The smallest absolute Gasteiger partial charge is 0.414 e. The molecule has 0 spiro atoms. The molecular weight excluding hydrogens is 401 g/mol. The van der Waals surface area contributed by atoms with Crippen LogP contribution in [-0.4, -0.2) is 43.9 Å². The van der Waals surface area contributed by atoms with E-state index >= 15 is 4.39 Å². The Balaban J connectivity index is 1.72. The van der Waals surface area contributed by atoms with Gasteiger partial charge in [0.25, 0.3) is 0 Å². The number of cyclic esters (lactones) is 1. The molecule has 1 atom stereocenters. The maximum absolute atomic E-state index is 15.2. The van der Waals surface area contributed by atoms with Crippen LogP contribution in [0.15, 0.2) is 42.4 Å². The van der Waals surface area contributed by atoms with Gasteiger partial charge in [0.1, 0.15) is 11.9 Å². The minimum Gasteiger partial charge on any atom is -0.443 e. The lowest BCUT2D eigenvalue weighted by Crippen LogP contribution is -2.30. The van der Waals surface area contributed by atoms with E-state index < -0.39 is 6.09 Å². The first-order valence-corrected chi connectivity index (χ1v) is 9.93. The van der Waals surface area contributed by atoms with Crippen LogP contribution in [0.25, 0.3) is 11.1 Å². The molecule has 10 heteroatoms. The molecule has 7 N–H and O–H groups in total. The molecule has 1 unspecified atom stereocenters. The van der Waals surface area contributed by atoms with Crippen molar-refractivity contribution in [2.45, 2.75) is 19.6 Å². The van der Waals surface area contributed by atoms with Crippen molar-refractivity contribution < 1.29 is 13.9 Å². The fourth-order valence-electron chi connectivity index (χ4n) is 3.41. The molecule has 1 aromatic heterocycles. The highest BCUT2D eigenvalue weighted by Crippen LogP contribution is 2.32. The standard InChI is InChI=1S/C21H28FN7O2/c1-13-19(29-12-17(11-25-2)31-21(29)30)6-5-18(20(13)22)14-3-4-15(27-8-14)9-26-10-16(7-23)28-24/h3-8,17,25-26,28H,9-12,23-24H2,1-2H3/b16-7-. The molecule has 1 saturated heterocycles. The molecule has 2 aromatic rings. The number of nitrogens with zero attached hydrogens (tertiary/aromatic N) is 2. The van der Waals surface area contributed by atoms with E-state index in [9.17, 15) is 4.79 Å². The number of likely N-dealkylation sites (N-methyl/N-ethyl adjacent to an activating group) is 1. The Hall–Kier alpha value is -3.21. The number of pyridine rings is 1. The van der Waals surface area contributed by atoms with E-state index in [0.717, 1.165) is 5.69 Å². The van der Waals surface area contributed by atoms with Crippen molar-refractivity contribution in [3.05, 3.63) is 59.4 Å². The summed E-state index contributed by atoms with van der Waals surface area (Å²) in [5.41, 5.74) is 11.3. The third-order valence-corrected chi connectivity index (χ3v) is 5.10. The average Bonchev–Trinajstić information content (AvgIpc) is 3.14. The highest BCUT2D eigenvalue weighted by Gasteiger charge is 2.33. The van der Waals surface area contributed by atoms with Crippen LogP contribution in [-0.2, 0) is 11.3 Å². The van der Waals surface area contributed by atoms with Gasteiger partial charge in [-0.3, -0.25) is 15.7 Å². The lowest BCUT2D eigenvalue weighted by atomic mass is 10.0. The summed E-state index contributed by atoms with van der Waals surface area (Å²) in [7, 11) is 1.79. The van der Waals surface area contributed by atoms with Gasteiger partial charge < -0.3 is 26.5 Å². The van der Waals surface area contributed by atoms with E-state index in [2.05, 4.69) is 21.0 Å². The summed E-state index contributed by atoms with van der Waals surface area (Å²) in [6.07, 6.45) is 2.29. The molecule has 0 bridgehead atoms. The minimum absolute atomic E-state index is 0.262. The first-order chi connectivity index (χ1) is 15.0. The van der Waals surface area contributed by atoms with Crippen molar-refractivity contribution in [1.82, 2.24) is 21.0 Å². The van der Waals surface area contributed by atoms with Gasteiger partial charge >= 0.3 is 6.09 Å². The van der Waals surface area contributed by atoms with Gasteiger partial charge in [0.05, 0.1) is 23.6 Å². The molecule has 1 aliphatic heterocycles. The zero-order valence-electron chi connectivity index (χ0n) is 17.6. The van der Waals surface area contributed by atoms with Crippen LogP contribution in [0.1, 0.15) is 11.3 Å². The van der Waals surface area contributed by atoms with Crippen molar-refractivity contribution in [3.63, 3.8) is 0 Å². The van der Waals surface area contributed by atoms with Gasteiger partial charge in [0.15, 0.2) is 0 Å². The van der Waals surface area contributed by atoms with Crippen LogP contribution in [0.4, 0.5) is 14.9 Å². The number of hydrogen-bond donors (Lipinski definition) is 5. The fraction of sp³-hybridized carbons (Fsp3) is 0.333. The Kier molecular flexibility index (Phi) is 7.40. The number of amides is 1. The Bertz CT molecular complexity index is 949. The van der Waals surface area contributed by atoms with E-state index in [1.165, 1.54) is 11.1 Å². The highest BCUT2D eigenvalue weighted by molar-refractivity contribution is 5.91. The van der Waals surface area contributed by atoms with E-state index in [1.807, 2.05) is 12.1 Å². The molecule has 1 aromatic carbocycles. The molecule has 166 valence electrons. The molecule has 1 aliphatic rings. The zero-order chi connectivity index (χ0) is 22.4. The lowest BCUT2D eigenvalue weighted by molar-refractivity contribution is 0.141. The van der Waals surface area contributed by atoms with Gasteiger partial charge in [-0.25, -0.2) is 9.18 Å². The quantitative estimate of drug-likeness (QED) is 0.296. The number of nitrogens with one attached hydrogen (secondary N) is 3. The first-order valence-electron chi connectivity index (χ1n) is 9.93. The summed E-state index contributed by atoms with van der Waals surface area (Å²) in [5, 5.41) is 6.14. The van der Waals surface area contributed by atoms with Gasteiger partial charge in [-0.05, 0) is 32.2 Å². The number of anilines is 1. The van der Waals surface area contributed by atoms with Gasteiger partial charge in [-0.15, -0.1) is 0 Å². The van der Waals surface area contributed by atoms with Crippen LogP contribution >= 0.6 is 0 Å². The maximum Gasteiger partial charge on any atom is 0.414 e. The Morgan fingerprint density at radius 3 is 2.84 bits per heavy atom. The largest absolute Gasteiger partial charge is 0.443 e. The number of aromatic nitrogens is 1. The zero-order valence-corrected chi connectivity index (χ0v) is 17.6. The second kappa shape index (κ2) is 10.2. The second-order valence-corrected chi connectivity index (χ2v) is 7.22. The van der Waals surface area contributed by atoms with Gasteiger partial charge in [-0.2, -0.15) is 0 Å². The van der Waals surface area contributed by atoms with Gasteiger partial charge in [0.2, 0.25) is 0 Å². The van der Waals surface area contributed by atoms with Crippen LogP contribution in [0.2, 0.25) is 0 Å². The second-order valence-electron chi connectivity index (χ2n) is 7.22. The van der Waals surface area contributed by atoms with Crippen LogP contribution in [0.3, 0.4) is 0 Å². The topological polar surface area (TPSA) is 131 Å². The number of carbonyl (C=O) groups excluding carboxylic acids is 1. The Morgan fingerprint density at radius 1 is 1.39 bits per heavy atom. The van der Waals surface area contributed by atoms with Crippen molar-refractivity contribution >= 4 is 11.8 Å². The van der Waals surface area contributed by atoms with Crippen molar-refractivity contribution in [2.75, 3.05) is 31.6 Å². The molecule has 3 rings (SSSR count). The molecule has 0 saturated carbocycles. The SMILES string of the molecule is CNCC1CN(c2ccc(-c3ccc(CNC/C(=C/N)NN)nc3)c(F)c2C)C(=O)O1. The molecule has 9 nitrogen and oxygen atoms in total. The highest BCUT2D eigenvalue weighted by atomic mass is 19.1. The van der Waals surface area contributed by atoms with E-state index in [1.54, 1.807) is 32.3 Å². The number of halogens is 1. The number of nitrogens with two attached hydrogens (primary N) is 2. The average molecular weight is 430 g/mol. The van der Waals surface area contributed by atoms with E-state index in [-0.39, 0.29) is 11.9 Å². The van der Waals surface area contributed by atoms with Crippen LogP contribution in [0, 0.1) is 12.7 Å². The third-order valence-electron chi connectivity index (χ3n) is 5.10. The Labute approximate surface area is 180 Å². The number of hydrogen-bond acceptors (Lipinski definition) is 8. The van der Waals surface area contributed by atoms with Gasteiger partial charge in [0, 0.05) is 48.7 Å². The molecular formula is C21H28FN7O2. The molecule has 0 aliphatic carbocycles. The summed E-state index contributed by atoms with van der Waals surface area (Å²) < 4.78 is 20.5. The summed E-state index contributed by atoms with van der Waals surface area (Å²) in [6.45, 7) is 3.56. The molecule has 31 heavy (non-hydrogen) atoms. The van der Waals surface area contributed by atoms with Crippen molar-refractivity contribution in [3.8, 4) is 11.1 Å². The monoisotopic (exact) mass is 429 g/mol. The summed E-state index contributed by atoms with van der Waals surface area (Å²) >= 11 is 0. The lowest BCUT2D eigenvalue weighted by Gasteiger charge is -2.18. The molecule has 1 fully saturated rings. The number of carbonyl (C=O) groups is 1. The Morgan fingerprint density at radius 2 is 2.19 bits per heavy atom. The first kappa shape index (κ1) is 22.5. The summed E-state index contributed by atoms with van der Waals surface area (Å²) in [6, 6.07) is 7.05. The van der Waals surface area contributed by atoms with Gasteiger partial charge in [-0.1, -0.05) is 6.07 Å². The molecule has 2 heterocycles. The number of hydrazine groups is 1.